The van der Waals surface area contributed by atoms with Crippen molar-refractivity contribution in [2.75, 3.05) is 59.3 Å². The molecule has 0 aromatic carbocycles. The van der Waals surface area contributed by atoms with E-state index in [-0.39, 0.29) is 18.9 Å². The van der Waals surface area contributed by atoms with Crippen molar-refractivity contribution in [3.05, 3.63) is 0 Å². The number of nitrogens with one attached hydrogen (secondary N) is 2. The Balaban J connectivity index is 3.30. The molecule has 0 saturated carbocycles. The minimum absolute atomic E-state index is 0.00760. The van der Waals surface area contributed by atoms with E-state index in [2.05, 4.69) is 10.6 Å². The molecule has 0 fully saturated rings. The van der Waals surface area contributed by atoms with Crippen molar-refractivity contribution in [3.8, 4) is 0 Å². The lowest BCUT2D eigenvalue weighted by Gasteiger charge is -2.19. The Morgan fingerprint density at radius 1 is 0.846 bits per heavy atom. The third-order valence-corrected chi connectivity index (χ3v) is 2.78. The number of carbonyl (C=O) groups excluding carboxylic acids is 2. The lowest BCUT2D eigenvalue weighted by molar-refractivity contribution is -0.122. The van der Waals surface area contributed by atoms with Crippen LogP contribution in [0.5, 0.6) is 0 Å². The number of ether oxygens (including phenoxy) is 4. The molecule has 0 unspecified atom stereocenters. The number of carbonyl (C=O) groups is 2. The van der Waals surface area contributed by atoms with Crippen LogP contribution in [0.1, 0.15) is 33.6 Å². The molecule has 0 rings (SSSR count). The number of alkyl carbamates (subject to hydrolysis) is 1. The van der Waals surface area contributed by atoms with Crippen molar-refractivity contribution in [1.82, 2.24) is 10.6 Å². The van der Waals surface area contributed by atoms with Gasteiger partial charge in [-0.3, -0.25) is 4.79 Å². The lowest BCUT2D eigenvalue weighted by Crippen LogP contribution is -2.34. The minimum atomic E-state index is -0.515. The van der Waals surface area contributed by atoms with E-state index in [1.165, 1.54) is 0 Å². The molecule has 0 aliphatic heterocycles. The SMILES string of the molecule is CC(C)(C)OC(=O)NCCOCCOCCC(=O)NCCCOCCO. The molecule has 154 valence electrons. The fraction of sp³-hybridized carbons (Fsp3) is 0.882. The molecule has 0 spiro atoms. The molecule has 0 aliphatic rings. The molecular weight excluding hydrogens is 344 g/mol. The summed E-state index contributed by atoms with van der Waals surface area (Å²) in [6.45, 7) is 8.60. The fourth-order valence-electron chi connectivity index (χ4n) is 1.68. The van der Waals surface area contributed by atoms with Gasteiger partial charge in [-0.1, -0.05) is 0 Å². The maximum Gasteiger partial charge on any atom is 0.407 e. The van der Waals surface area contributed by atoms with E-state index >= 15 is 0 Å². The summed E-state index contributed by atoms with van der Waals surface area (Å²) >= 11 is 0. The second-order valence-corrected chi connectivity index (χ2v) is 6.44. The standard InChI is InChI=1S/C17H34N2O7/c1-17(2,3)26-16(22)19-7-11-25-14-13-24-10-5-15(21)18-6-4-9-23-12-8-20/h20H,4-14H2,1-3H3,(H,18,21)(H,19,22). The van der Waals surface area contributed by atoms with Crippen molar-refractivity contribution in [2.24, 2.45) is 0 Å². The van der Waals surface area contributed by atoms with Gasteiger partial charge < -0.3 is 34.7 Å². The number of rotatable bonds is 15. The number of amides is 2. The molecule has 3 N–H and O–H groups in total. The highest BCUT2D eigenvalue weighted by molar-refractivity contribution is 5.75. The maximum atomic E-state index is 11.5. The zero-order valence-corrected chi connectivity index (χ0v) is 16.2. The maximum absolute atomic E-state index is 11.5. The van der Waals surface area contributed by atoms with Gasteiger partial charge in [0.1, 0.15) is 5.60 Å². The van der Waals surface area contributed by atoms with E-state index in [0.717, 1.165) is 0 Å². The molecule has 0 aliphatic carbocycles. The molecule has 0 aromatic rings. The Morgan fingerprint density at radius 2 is 1.50 bits per heavy atom. The van der Waals surface area contributed by atoms with Crippen LogP contribution in [0, 0.1) is 0 Å². The molecule has 0 heterocycles. The zero-order valence-electron chi connectivity index (χ0n) is 16.2. The van der Waals surface area contributed by atoms with Crippen molar-refractivity contribution in [1.29, 1.82) is 0 Å². The highest BCUT2D eigenvalue weighted by Crippen LogP contribution is 2.05. The normalized spacial score (nSPS) is 11.2. The van der Waals surface area contributed by atoms with Crippen LogP contribution in [-0.2, 0) is 23.7 Å². The van der Waals surface area contributed by atoms with Crippen molar-refractivity contribution < 1.29 is 33.6 Å². The van der Waals surface area contributed by atoms with Crippen LogP contribution in [0.4, 0.5) is 4.79 Å². The van der Waals surface area contributed by atoms with E-state index in [1.807, 2.05) is 0 Å². The van der Waals surface area contributed by atoms with Crippen molar-refractivity contribution in [2.45, 2.75) is 39.2 Å². The molecule has 2 amide bonds. The van der Waals surface area contributed by atoms with E-state index in [4.69, 9.17) is 24.1 Å². The zero-order chi connectivity index (χ0) is 19.7. The monoisotopic (exact) mass is 378 g/mol. The number of hydrogen-bond donors (Lipinski definition) is 3. The highest BCUT2D eigenvalue weighted by atomic mass is 16.6. The summed E-state index contributed by atoms with van der Waals surface area (Å²) in [5.41, 5.74) is -0.515. The Hall–Kier alpha value is -1.42. The molecule has 9 nitrogen and oxygen atoms in total. The van der Waals surface area contributed by atoms with Gasteiger partial charge in [-0.25, -0.2) is 4.79 Å². The predicted octanol–water partition coefficient (Wildman–Crippen LogP) is 0.450. The molecule has 0 atom stereocenters. The van der Waals surface area contributed by atoms with E-state index in [1.54, 1.807) is 20.8 Å². The second-order valence-electron chi connectivity index (χ2n) is 6.44. The highest BCUT2D eigenvalue weighted by Gasteiger charge is 2.15. The van der Waals surface area contributed by atoms with Crippen LogP contribution in [0.15, 0.2) is 0 Å². The molecule has 0 radical (unpaired) electrons. The first kappa shape index (κ1) is 24.6. The molecule has 9 heteroatoms. The van der Waals surface area contributed by atoms with Gasteiger partial charge >= 0.3 is 6.09 Å². The van der Waals surface area contributed by atoms with Crippen LogP contribution >= 0.6 is 0 Å². The quantitative estimate of drug-likeness (QED) is 0.354. The summed E-state index contributed by atoms with van der Waals surface area (Å²) in [4.78, 5) is 22.9. The first-order valence-corrected chi connectivity index (χ1v) is 8.93. The molecular formula is C17H34N2O7. The largest absolute Gasteiger partial charge is 0.444 e. The van der Waals surface area contributed by atoms with Crippen LogP contribution in [0.25, 0.3) is 0 Å². The van der Waals surface area contributed by atoms with E-state index in [9.17, 15) is 9.59 Å². The number of aliphatic hydroxyl groups excluding tert-OH is 1. The van der Waals surface area contributed by atoms with Gasteiger partial charge in [-0.05, 0) is 27.2 Å². The van der Waals surface area contributed by atoms with Crippen molar-refractivity contribution >= 4 is 12.0 Å². The van der Waals surface area contributed by atoms with Gasteiger partial charge in [0.15, 0.2) is 0 Å². The Labute approximate surface area is 155 Å². The van der Waals surface area contributed by atoms with Gasteiger partial charge in [0, 0.05) is 26.1 Å². The summed E-state index contributed by atoms with van der Waals surface area (Å²) in [5.74, 6) is -0.0744. The predicted molar refractivity (Wildman–Crippen MR) is 96.0 cm³/mol. The van der Waals surface area contributed by atoms with Crippen LogP contribution in [0.3, 0.4) is 0 Å². The number of hydrogen-bond acceptors (Lipinski definition) is 7. The summed E-state index contributed by atoms with van der Waals surface area (Å²) < 4.78 is 20.8. The van der Waals surface area contributed by atoms with Crippen LogP contribution < -0.4 is 10.6 Å². The topological polar surface area (TPSA) is 115 Å². The number of aliphatic hydroxyl groups is 1. The fourth-order valence-corrected chi connectivity index (χ4v) is 1.68. The van der Waals surface area contributed by atoms with Gasteiger partial charge in [0.25, 0.3) is 0 Å². The summed E-state index contributed by atoms with van der Waals surface area (Å²) in [7, 11) is 0. The average molecular weight is 378 g/mol. The molecule has 0 aromatic heterocycles. The second kappa shape index (κ2) is 15.8. The third kappa shape index (κ3) is 18.9. The van der Waals surface area contributed by atoms with Gasteiger partial charge in [0.2, 0.25) is 5.91 Å². The van der Waals surface area contributed by atoms with Crippen molar-refractivity contribution in [3.63, 3.8) is 0 Å². The minimum Gasteiger partial charge on any atom is -0.444 e. The first-order chi connectivity index (χ1) is 12.3. The van der Waals surface area contributed by atoms with E-state index in [0.29, 0.717) is 59.2 Å². The van der Waals surface area contributed by atoms with Crippen LogP contribution in [0.2, 0.25) is 0 Å². The lowest BCUT2D eigenvalue weighted by atomic mass is 10.2. The van der Waals surface area contributed by atoms with Crippen LogP contribution in [-0.4, -0.2) is 82.0 Å². The molecule has 0 bridgehead atoms. The molecule has 26 heavy (non-hydrogen) atoms. The average Bonchev–Trinajstić information content (AvgIpc) is 2.54. The Kier molecular flexibility index (Phi) is 14.9. The summed E-state index contributed by atoms with van der Waals surface area (Å²) in [5, 5.41) is 13.9. The Morgan fingerprint density at radius 3 is 2.15 bits per heavy atom. The van der Waals surface area contributed by atoms with E-state index < -0.39 is 11.7 Å². The molecule has 0 saturated heterocycles. The Bertz CT molecular complexity index is 373. The van der Waals surface area contributed by atoms with Gasteiger partial charge in [0.05, 0.1) is 39.6 Å². The smallest absolute Gasteiger partial charge is 0.407 e. The third-order valence-electron chi connectivity index (χ3n) is 2.78. The van der Waals surface area contributed by atoms with Gasteiger partial charge in [-0.15, -0.1) is 0 Å². The van der Waals surface area contributed by atoms with Gasteiger partial charge in [-0.2, -0.15) is 0 Å². The summed E-state index contributed by atoms with van der Waals surface area (Å²) in [6.07, 6.45) is 0.526. The summed E-state index contributed by atoms with van der Waals surface area (Å²) in [6, 6.07) is 0. The first-order valence-electron chi connectivity index (χ1n) is 8.93.